The fourth-order valence-electron chi connectivity index (χ4n) is 3.40. The van der Waals surface area contributed by atoms with Gasteiger partial charge < -0.3 is 10.0 Å². The van der Waals surface area contributed by atoms with Gasteiger partial charge in [0.1, 0.15) is 5.82 Å². The molecular formula is C20H24FN3O2. The second-order valence-corrected chi connectivity index (χ2v) is 7.19. The number of halogens is 1. The fourth-order valence-corrected chi connectivity index (χ4v) is 3.40. The standard InChI is InChI=1S/C20H24FN3O2/c1-15-3-6-17(11-22-15)19(25)24-10-9-20(26,14-24)13-23(2)12-16-4-7-18(21)8-5-16/h3-8,11,26H,9-10,12-14H2,1-2H3/t20-/m1/s1. The molecule has 0 unspecified atom stereocenters. The van der Waals surface area contributed by atoms with Crippen LogP contribution in [0.25, 0.3) is 0 Å². The van der Waals surface area contributed by atoms with Crippen molar-refractivity contribution in [1.29, 1.82) is 0 Å². The summed E-state index contributed by atoms with van der Waals surface area (Å²) in [6.45, 7) is 3.75. The number of β-amino-alcohol motifs (C(OH)–C–C–N with tert-alkyl or cyclic N) is 1. The number of aromatic nitrogens is 1. The molecule has 1 atom stereocenters. The fraction of sp³-hybridized carbons (Fsp3) is 0.400. The van der Waals surface area contributed by atoms with Gasteiger partial charge in [-0.2, -0.15) is 0 Å². The molecule has 1 aromatic heterocycles. The summed E-state index contributed by atoms with van der Waals surface area (Å²) in [5, 5.41) is 10.9. The van der Waals surface area contributed by atoms with E-state index in [4.69, 9.17) is 0 Å². The van der Waals surface area contributed by atoms with Crippen molar-refractivity contribution in [3.8, 4) is 0 Å². The third-order valence-corrected chi connectivity index (χ3v) is 4.71. The number of aliphatic hydroxyl groups is 1. The number of carbonyl (C=O) groups is 1. The quantitative estimate of drug-likeness (QED) is 0.892. The normalized spacial score (nSPS) is 20.0. The van der Waals surface area contributed by atoms with Gasteiger partial charge in [-0.1, -0.05) is 12.1 Å². The predicted octanol–water partition coefficient (Wildman–Crippen LogP) is 2.24. The lowest BCUT2D eigenvalue weighted by atomic mass is 10.0. The van der Waals surface area contributed by atoms with Crippen LogP contribution in [0.3, 0.4) is 0 Å². The number of aryl methyl sites for hydroxylation is 1. The molecule has 1 aliphatic rings. The molecule has 5 nitrogen and oxygen atoms in total. The molecular weight excluding hydrogens is 333 g/mol. The van der Waals surface area contributed by atoms with Crippen LogP contribution in [0.4, 0.5) is 4.39 Å². The van der Waals surface area contributed by atoms with E-state index >= 15 is 0 Å². The Morgan fingerprint density at radius 2 is 2.04 bits per heavy atom. The number of amides is 1. The van der Waals surface area contributed by atoms with Crippen LogP contribution in [0, 0.1) is 12.7 Å². The van der Waals surface area contributed by atoms with Crippen LogP contribution >= 0.6 is 0 Å². The molecule has 0 saturated carbocycles. The van der Waals surface area contributed by atoms with Crippen molar-refractivity contribution >= 4 is 5.91 Å². The van der Waals surface area contributed by atoms with E-state index in [1.54, 1.807) is 29.3 Å². The van der Waals surface area contributed by atoms with E-state index in [2.05, 4.69) is 4.98 Å². The van der Waals surface area contributed by atoms with E-state index in [0.29, 0.717) is 38.2 Å². The van der Waals surface area contributed by atoms with E-state index in [1.807, 2.05) is 24.9 Å². The van der Waals surface area contributed by atoms with Crippen LogP contribution in [0.1, 0.15) is 28.0 Å². The molecule has 26 heavy (non-hydrogen) atoms. The van der Waals surface area contributed by atoms with E-state index in [-0.39, 0.29) is 11.7 Å². The minimum Gasteiger partial charge on any atom is -0.387 e. The second-order valence-electron chi connectivity index (χ2n) is 7.19. The van der Waals surface area contributed by atoms with Crippen molar-refractivity contribution in [3.05, 3.63) is 65.2 Å². The Morgan fingerprint density at radius 1 is 1.31 bits per heavy atom. The van der Waals surface area contributed by atoms with Crippen LogP contribution in [0.2, 0.25) is 0 Å². The maximum Gasteiger partial charge on any atom is 0.255 e. The monoisotopic (exact) mass is 357 g/mol. The molecule has 1 saturated heterocycles. The van der Waals surface area contributed by atoms with Crippen LogP contribution in [-0.4, -0.2) is 58.1 Å². The van der Waals surface area contributed by atoms with E-state index in [9.17, 15) is 14.3 Å². The third kappa shape index (κ3) is 4.45. The first-order valence-electron chi connectivity index (χ1n) is 8.72. The first-order chi connectivity index (χ1) is 12.3. The van der Waals surface area contributed by atoms with E-state index in [0.717, 1.165) is 11.3 Å². The summed E-state index contributed by atoms with van der Waals surface area (Å²) in [4.78, 5) is 20.4. The number of hydrogen-bond acceptors (Lipinski definition) is 4. The van der Waals surface area contributed by atoms with Gasteiger partial charge in [-0.15, -0.1) is 0 Å². The highest BCUT2D eigenvalue weighted by molar-refractivity contribution is 5.94. The largest absolute Gasteiger partial charge is 0.387 e. The highest BCUT2D eigenvalue weighted by atomic mass is 19.1. The summed E-state index contributed by atoms with van der Waals surface area (Å²) in [6.07, 6.45) is 2.11. The van der Waals surface area contributed by atoms with Gasteiger partial charge in [0.25, 0.3) is 5.91 Å². The Bertz CT molecular complexity index is 764. The first-order valence-corrected chi connectivity index (χ1v) is 8.72. The number of likely N-dealkylation sites (N-methyl/N-ethyl adjacent to an activating group) is 1. The molecule has 2 aromatic rings. The molecule has 1 fully saturated rings. The van der Waals surface area contributed by atoms with Gasteiger partial charge in [-0.3, -0.25) is 14.7 Å². The molecule has 2 heterocycles. The van der Waals surface area contributed by atoms with E-state index < -0.39 is 5.60 Å². The SMILES string of the molecule is Cc1ccc(C(=O)N2CC[C@@](O)(CN(C)Cc3ccc(F)cc3)C2)cn1. The van der Waals surface area contributed by atoms with Crippen molar-refractivity contribution in [2.24, 2.45) is 0 Å². The number of nitrogens with zero attached hydrogens (tertiary/aromatic N) is 3. The Kier molecular flexibility index (Phi) is 5.34. The third-order valence-electron chi connectivity index (χ3n) is 4.71. The molecule has 138 valence electrons. The molecule has 0 aliphatic carbocycles. The van der Waals surface area contributed by atoms with Crippen LogP contribution in [0.15, 0.2) is 42.6 Å². The minimum absolute atomic E-state index is 0.102. The second kappa shape index (κ2) is 7.51. The lowest BCUT2D eigenvalue weighted by Crippen LogP contribution is -2.44. The Balaban J connectivity index is 1.58. The molecule has 1 N–H and O–H groups in total. The summed E-state index contributed by atoms with van der Waals surface area (Å²) in [5.74, 6) is -0.361. The molecule has 0 radical (unpaired) electrons. The lowest BCUT2D eigenvalue weighted by Gasteiger charge is -2.29. The summed E-state index contributed by atoms with van der Waals surface area (Å²) in [5.41, 5.74) is 1.44. The topological polar surface area (TPSA) is 56.7 Å². The van der Waals surface area contributed by atoms with Gasteiger partial charge in [-0.05, 0) is 50.2 Å². The van der Waals surface area contributed by atoms with Crippen molar-refractivity contribution in [1.82, 2.24) is 14.8 Å². The maximum absolute atomic E-state index is 13.0. The van der Waals surface area contributed by atoms with Gasteiger partial charge >= 0.3 is 0 Å². The van der Waals surface area contributed by atoms with Crippen molar-refractivity contribution < 1.29 is 14.3 Å². The molecule has 6 heteroatoms. The van der Waals surface area contributed by atoms with Crippen LogP contribution < -0.4 is 0 Å². The zero-order chi connectivity index (χ0) is 18.7. The predicted molar refractivity (Wildman–Crippen MR) is 97.2 cm³/mol. The molecule has 1 amide bonds. The Hall–Kier alpha value is -2.31. The van der Waals surface area contributed by atoms with Crippen molar-refractivity contribution in [3.63, 3.8) is 0 Å². The average molecular weight is 357 g/mol. The number of likely N-dealkylation sites (tertiary alicyclic amines) is 1. The summed E-state index contributed by atoms with van der Waals surface area (Å²) < 4.78 is 13.0. The van der Waals surface area contributed by atoms with Gasteiger partial charge in [0, 0.05) is 31.5 Å². The van der Waals surface area contributed by atoms with Crippen molar-refractivity contribution in [2.45, 2.75) is 25.5 Å². The molecule has 0 spiro atoms. The van der Waals surface area contributed by atoms with Crippen LogP contribution in [0.5, 0.6) is 0 Å². The highest BCUT2D eigenvalue weighted by Gasteiger charge is 2.39. The number of pyridine rings is 1. The molecule has 1 aromatic carbocycles. The van der Waals surface area contributed by atoms with Gasteiger partial charge in [0.05, 0.1) is 17.7 Å². The Labute approximate surface area is 153 Å². The summed E-state index contributed by atoms with van der Waals surface area (Å²) in [6, 6.07) is 9.93. The Morgan fingerprint density at radius 3 is 2.69 bits per heavy atom. The molecule has 0 bridgehead atoms. The lowest BCUT2D eigenvalue weighted by molar-refractivity contribution is 0.0163. The smallest absolute Gasteiger partial charge is 0.255 e. The summed E-state index contributed by atoms with van der Waals surface area (Å²) >= 11 is 0. The number of carbonyl (C=O) groups excluding carboxylic acids is 1. The average Bonchev–Trinajstić information content (AvgIpc) is 2.98. The van der Waals surface area contributed by atoms with Crippen molar-refractivity contribution in [2.75, 3.05) is 26.7 Å². The zero-order valence-electron chi connectivity index (χ0n) is 15.2. The van der Waals surface area contributed by atoms with Gasteiger partial charge in [0.2, 0.25) is 0 Å². The summed E-state index contributed by atoms with van der Waals surface area (Å²) in [7, 11) is 1.91. The maximum atomic E-state index is 13.0. The number of hydrogen-bond donors (Lipinski definition) is 1. The highest BCUT2D eigenvalue weighted by Crippen LogP contribution is 2.24. The molecule has 3 rings (SSSR count). The van der Waals surface area contributed by atoms with Crippen LogP contribution in [-0.2, 0) is 6.54 Å². The zero-order valence-corrected chi connectivity index (χ0v) is 15.2. The first kappa shape index (κ1) is 18.5. The molecule has 1 aliphatic heterocycles. The van der Waals surface area contributed by atoms with Gasteiger partial charge in [0.15, 0.2) is 0 Å². The number of benzene rings is 1. The van der Waals surface area contributed by atoms with Gasteiger partial charge in [-0.25, -0.2) is 4.39 Å². The number of rotatable bonds is 5. The minimum atomic E-state index is -0.942. The van der Waals surface area contributed by atoms with E-state index in [1.165, 1.54) is 12.1 Å².